The van der Waals surface area contributed by atoms with Gasteiger partial charge in [-0.25, -0.2) is 0 Å². The number of morpholine rings is 1. The quantitative estimate of drug-likeness (QED) is 0.799. The van der Waals surface area contributed by atoms with Crippen LogP contribution in [0.2, 0.25) is 0 Å². The van der Waals surface area contributed by atoms with Crippen LogP contribution in [-0.2, 0) is 22.6 Å². The number of carbonyl (C=O) groups excluding carboxylic acids is 1. The highest BCUT2D eigenvalue weighted by atomic mass is 16.5. The molecule has 5 nitrogen and oxygen atoms in total. The summed E-state index contributed by atoms with van der Waals surface area (Å²) < 4.78 is 11.3. The summed E-state index contributed by atoms with van der Waals surface area (Å²) in [7, 11) is 0. The summed E-state index contributed by atoms with van der Waals surface area (Å²) >= 11 is 0. The lowest BCUT2D eigenvalue weighted by Crippen LogP contribution is -2.36. The van der Waals surface area contributed by atoms with Crippen LogP contribution in [0.15, 0.2) is 42.5 Å². The molecule has 1 N–H and O–H groups in total. The summed E-state index contributed by atoms with van der Waals surface area (Å²) in [6.45, 7) is 10.7. The Hall–Kier alpha value is -2.37. The molecule has 0 bridgehead atoms. The van der Waals surface area contributed by atoms with Gasteiger partial charge in [0.2, 0.25) is 0 Å². The Bertz CT molecular complexity index is 800. The number of aryl methyl sites for hydroxylation is 2. The summed E-state index contributed by atoms with van der Waals surface area (Å²) in [6, 6.07) is 14.4. The second kappa shape index (κ2) is 9.71. The Morgan fingerprint density at radius 2 is 1.89 bits per heavy atom. The molecule has 28 heavy (non-hydrogen) atoms. The third-order valence-corrected chi connectivity index (χ3v) is 4.98. The summed E-state index contributed by atoms with van der Waals surface area (Å²) in [5.74, 6) is 0.648. The third-order valence-electron chi connectivity index (χ3n) is 4.98. The molecule has 1 fully saturated rings. The number of hydrogen-bond donors (Lipinski definition) is 1. The van der Waals surface area contributed by atoms with Gasteiger partial charge in [-0.15, -0.1) is 0 Å². The van der Waals surface area contributed by atoms with Gasteiger partial charge in [0.15, 0.2) is 6.10 Å². The molecular formula is C23H30N2O3. The highest BCUT2D eigenvalue weighted by molar-refractivity contribution is 5.80. The molecule has 0 radical (unpaired) electrons. The first kappa shape index (κ1) is 20.4. The van der Waals surface area contributed by atoms with Gasteiger partial charge in [-0.1, -0.05) is 36.4 Å². The number of nitrogens with one attached hydrogen (secondary N) is 1. The Morgan fingerprint density at radius 1 is 1.14 bits per heavy atom. The minimum absolute atomic E-state index is 0.112. The lowest BCUT2D eigenvalue weighted by molar-refractivity contribution is -0.127. The van der Waals surface area contributed by atoms with E-state index in [1.54, 1.807) is 6.92 Å². The maximum absolute atomic E-state index is 12.5. The van der Waals surface area contributed by atoms with Gasteiger partial charge in [-0.3, -0.25) is 9.69 Å². The Labute approximate surface area is 167 Å². The Morgan fingerprint density at radius 3 is 2.68 bits per heavy atom. The first-order valence-electron chi connectivity index (χ1n) is 9.91. The average Bonchev–Trinajstić information content (AvgIpc) is 2.70. The smallest absolute Gasteiger partial charge is 0.261 e. The molecule has 1 unspecified atom stereocenters. The molecule has 0 saturated carbocycles. The van der Waals surface area contributed by atoms with E-state index in [0.717, 1.165) is 55.3 Å². The zero-order chi connectivity index (χ0) is 19.9. The van der Waals surface area contributed by atoms with Gasteiger partial charge < -0.3 is 14.8 Å². The van der Waals surface area contributed by atoms with Crippen LogP contribution in [-0.4, -0.2) is 43.2 Å². The van der Waals surface area contributed by atoms with Gasteiger partial charge in [-0.2, -0.15) is 0 Å². The van der Waals surface area contributed by atoms with Gasteiger partial charge in [0.1, 0.15) is 5.75 Å². The van der Waals surface area contributed by atoms with Gasteiger partial charge >= 0.3 is 0 Å². The molecule has 2 aromatic rings. The number of hydrogen-bond acceptors (Lipinski definition) is 4. The van der Waals surface area contributed by atoms with Crippen LogP contribution in [0.25, 0.3) is 0 Å². The molecule has 1 aliphatic rings. The number of amides is 1. The predicted molar refractivity (Wildman–Crippen MR) is 110 cm³/mol. The fourth-order valence-corrected chi connectivity index (χ4v) is 3.27. The second-order valence-corrected chi connectivity index (χ2v) is 7.46. The zero-order valence-electron chi connectivity index (χ0n) is 17.0. The summed E-state index contributed by atoms with van der Waals surface area (Å²) in [4.78, 5) is 14.9. The van der Waals surface area contributed by atoms with E-state index in [0.29, 0.717) is 6.54 Å². The highest BCUT2D eigenvalue weighted by Gasteiger charge is 2.16. The number of carbonyl (C=O) groups is 1. The van der Waals surface area contributed by atoms with Crippen molar-refractivity contribution in [1.29, 1.82) is 0 Å². The molecular weight excluding hydrogens is 352 g/mol. The van der Waals surface area contributed by atoms with Crippen LogP contribution in [0.5, 0.6) is 5.75 Å². The van der Waals surface area contributed by atoms with Gasteiger partial charge in [0.05, 0.1) is 13.2 Å². The van der Waals surface area contributed by atoms with E-state index in [1.807, 2.05) is 44.2 Å². The molecule has 0 spiro atoms. The molecule has 0 aliphatic carbocycles. The van der Waals surface area contributed by atoms with E-state index in [-0.39, 0.29) is 5.91 Å². The Kier molecular flexibility index (Phi) is 7.06. The molecule has 150 valence electrons. The van der Waals surface area contributed by atoms with Crippen molar-refractivity contribution in [3.8, 4) is 5.75 Å². The standard InChI is InChI=1S/C23H30N2O3/c1-17-7-8-18(2)22(13-17)28-19(3)23(26)24-15-20-5-4-6-21(14-20)16-25-9-11-27-12-10-25/h4-8,13-14,19H,9-12,15-16H2,1-3H3,(H,24,26). The van der Waals surface area contributed by atoms with Crippen molar-refractivity contribution in [1.82, 2.24) is 10.2 Å². The normalized spacial score (nSPS) is 15.8. The van der Waals surface area contributed by atoms with Gasteiger partial charge in [0, 0.05) is 26.2 Å². The summed E-state index contributed by atoms with van der Waals surface area (Å²) in [5, 5.41) is 2.99. The van der Waals surface area contributed by atoms with Crippen LogP contribution in [0.4, 0.5) is 0 Å². The van der Waals surface area contributed by atoms with Crippen molar-refractivity contribution in [2.24, 2.45) is 0 Å². The van der Waals surface area contributed by atoms with Gasteiger partial charge in [-0.05, 0) is 49.1 Å². The molecule has 1 atom stereocenters. The fourth-order valence-electron chi connectivity index (χ4n) is 3.27. The Balaban J connectivity index is 1.52. The lowest BCUT2D eigenvalue weighted by Gasteiger charge is -2.26. The van der Waals surface area contributed by atoms with E-state index in [2.05, 4.69) is 22.3 Å². The van der Waals surface area contributed by atoms with Crippen LogP contribution in [0, 0.1) is 13.8 Å². The highest BCUT2D eigenvalue weighted by Crippen LogP contribution is 2.20. The van der Waals surface area contributed by atoms with E-state index < -0.39 is 6.10 Å². The molecule has 2 aromatic carbocycles. The second-order valence-electron chi connectivity index (χ2n) is 7.46. The molecule has 3 rings (SSSR count). The molecule has 1 heterocycles. The maximum atomic E-state index is 12.5. The first-order chi connectivity index (χ1) is 13.5. The first-order valence-corrected chi connectivity index (χ1v) is 9.91. The van der Waals surface area contributed by atoms with Crippen molar-refractivity contribution in [3.05, 3.63) is 64.7 Å². The number of rotatable bonds is 7. The van der Waals surface area contributed by atoms with E-state index in [4.69, 9.17) is 9.47 Å². The van der Waals surface area contributed by atoms with Crippen molar-refractivity contribution < 1.29 is 14.3 Å². The van der Waals surface area contributed by atoms with Crippen molar-refractivity contribution in [3.63, 3.8) is 0 Å². The summed E-state index contributed by atoms with van der Waals surface area (Å²) in [5.41, 5.74) is 4.50. The molecule has 0 aromatic heterocycles. The zero-order valence-corrected chi connectivity index (χ0v) is 17.0. The monoisotopic (exact) mass is 382 g/mol. The topological polar surface area (TPSA) is 50.8 Å². The van der Waals surface area contributed by atoms with Crippen LogP contribution in [0.1, 0.15) is 29.2 Å². The molecule has 1 amide bonds. The minimum atomic E-state index is -0.544. The van der Waals surface area contributed by atoms with Crippen LogP contribution in [0.3, 0.4) is 0 Å². The number of benzene rings is 2. The lowest BCUT2D eigenvalue weighted by atomic mass is 10.1. The molecule has 1 aliphatic heterocycles. The third kappa shape index (κ3) is 5.81. The van der Waals surface area contributed by atoms with E-state index >= 15 is 0 Å². The SMILES string of the molecule is Cc1ccc(C)c(OC(C)C(=O)NCc2cccc(CN3CCOCC3)c2)c1. The minimum Gasteiger partial charge on any atom is -0.481 e. The van der Waals surface area contributed by atoms with Crippen molar-refractivity contribution >= 4 is 5.91 Å². The predicted octanol–water partition coefficient (Wildman–Crippen LogP) is 3.22. The summed E-state index contributed by atoms with van der Waals surface area (Å²) in [6.07, 6.45) is -0.544. The molecule has 1 saturated heterocycles. The molecule has 5 heteroatoms. The van der Waals surface area contributed by atoms with Crippen molar-refractivity contribution in [2.75, 3.05) is 26.3 Å². The van der Waals surface area contributed by atoms with Gasteiger partial charge in [0.25, 0.3) is 5.91 Å². The largest absolute Gasteiger partial charge is 0.481 e. The van der Waals surface area contributed by atoms with Crippen molar-refractivity contribution in [2.45, 2.75) is 40.0 Å². The number of ether oxygens (including phenoxy) is 2. The fraction of sp³-hybridized carbons (Fsp3) is 0.435. The van der Waals surface area contributed by atoms with Crippen LogP contribution >= 0.6 is 0 Å². The average molecular weight is 383 g/mol. The number of nitrogens with zero attached hydrogens (tertiary/aromatic N) is 1. The van der Waals surface area contributed by atoms with E-state index in [1.165, 1.54) is 5.56 Å². The maximum Gasteiger partial charge on any atom is 0.261 e. The van der Waals surface area contributed by atoms with E-state index in [9.17, 15) is 4.79 Å². The van der Waals surface area contributed by atoms with Crippen LogP contribution < -0.4 is 10.1 Å².